The van der Waals surface area contributed by atoms with Gasteiger partial charge >= 0.3 is 5.97 Å². The highest BCUT2D eigenvalue weighted by atomic mass is 79.9. The zero-order valence-corrected chi connectivity index (χ0v) is 11.6. The fourth-order valence-corrected chi connectivity index (χ4v) is 2.07. The van der Waals surface area contributed by atoms with Crippen LogP contribution in [0.15, 0.2) is 22.7 Å². The van der Waals surface area contributed by atoms with Crippen LogP contribution in [0.5, 0.6) is 0 Å². The zero-order chi connectivity index (χ0) is 13.5. The molecule has 18 heavy (non-hydrogen) atoms. The van der Waals surface area contributed by atoms with Crippen molar-refractivity contribution in [2.45, 2.75) is 12.5 Å². The number of benzene rings is 1. The van der Waals surface area contributed by atoms with Gasteiger partial charge < -0.3 is 20.3 Å². The van der Waals surface area contributed by atoms with Crippen molar-refractivity contribution < 1.29 is 19.7 Å². The van der Waals surface area contributed by atoms with Crippen LogP contribution in [0.2, 0.25) is 0 Å². The molecule has 0 radical (unpaired) electrons. The lowest BCUT2D eigenvalue weighted by molar-refractivity contribution is 0.0615. The number of nitrogens with one attached hydrogen (secondary N) is 1. The number of aromatic carboxylic acids is 1. The van der Waals surface area contributed by atoms with Crippen LogP contribution in [0, 0.1) is 0 Å². The quantitative estimate of drug-likeness (QED) is 0.716. The molecule has 0 saturated heterocycles. The van der Waals surface area contributed by atoms with Crippen LogP contribution >= 0.6 is 15.9 Å². The lowest BCUT2D eigenvalue weighted by Gasteiger charge is -2.13. The number of aliphatic hydroxyl groups is 1. The van der Waals surface area contributed by atoms with E-state index in [0.717, 1.165) is 0 Å². The van der Waals surface area contributed by atoms with Gasteiger partial charge in [0.25, 0.3) is 0 Å². The van der Waals surface area contributed by atoms with E-state index in [1.54, 1.807) is 18.2 Å². The zero-order valence-electron chi connectivity index (χ0n) is 10.0. The Hall–Kier alpha value is -1.11. The van der Waals surface area contributed by atoms with Crippen molar-refractivity contribution in [3.8, 4) is 0 Å². The molecule has 3 N–H and O–H groups in total. The van der Waals surface area contributed by atoms with Gasteiger partial charge in [-0.1, -0.05) is 6.07 Å². The van der Waals surface area contributed by atoms with Crippen LogP contribution in [0.25, 0.3) is 0 Å². The monoisotopic (exact) mass is 317 g/mol. The number of carbonyl (C=O) groups is 1. The fourth-order valence-electron chi connectivity index (χ4n) is 1.54. The number of hydrogen-bond acceptors (Lipinski definition) is 4. The number of carboxylic acids is 1. The summed E-state index contributed by atoms with van der Waals surface area (Å²) in [5, 5.41) is 21.6. The predicted molar refractivity (Wildman–Crippen MR) is 72.1 cm³/mol. The first-order valence-corrected chi connectivity index (χ1v) is 6.28. The minimum Gasteiger partial charge on any atom is -0.478 e. The molecule has 5 nitrogen and oxygen atoms in total. The van der Waals surface area contributed by atoms with E-state index in [4.69, 9.17) is 9.84 Å². The van der Waals surface area contributed by atoms with Crippen LogP contribution in [-0.4, -0.2) is 42.5 Å². The Bertz CT molecular complexity index is 411. The van der Waals surface area contributed by atoms with Gasteiger partial charge in [0.1, 0.15) is 0 Å². The second kappa shape index (κ2) is 7.35. The van der Waals surface area contributed by atoms with Crippen molar-refractivity contribution in [1.29, 1.82) is 0 Å². The molecule has 0 aliphatic rings. The Kier molecular flexibility index (Phi) is 6.11. The average Bonchev–Trinajstić information content (AvgIpc) is 2.28. The largest absolute Gasteiger partial charge is 0.478 e. The molecule has 0 fully saturated rings. The van der Waals surface area contributed by atoms with E-state index in [0.29, 0.717) is 23.1 Å². The SMILES string of the molecule is COCC(O)CCNc1cccc(Br)c1C(=O)O. The molecule has 0 aromatic heterocycles. The maximum Gasteiger partial charge on any atom is 0.338 e. The molecule has 0 aliphatic heterocycles. The Labute approximate surface area is 114 Å². The summed E-state index contributed by atoms with van der Waals surface area (Å²) in [6, 6.07) is 5.12. The van der Waals surface area contributed by atoms with E-state index < -0.39 is 12.1 Å². The van der Waals surface area contributed by atoms with Crippen molar-refractivity contribution >= 4 is 27.6 Å². The van der Waals surface area contributed by atoms with Crippen LogP contribution in [0.1, 0.15) is 16.8 Å². The van der Waals surface area contributed by atoms with Gasteiger partial charge in [0.15, 0.2) is 0 Å². The molecule has 0 aliphatic carbocycles. The van der Waals surface area contributed by atoms with E-state index in [1.807, 2.05) is 0 Å². The topological polar surface area (TPSA) is 78.8 Å². The number of ether oxygens (including phenoxy) is 1. The maximum absolute atomic E-state index is 11.1. The molecule has 1 aromatic carbocycles. The summed E-state index contributed by atoms with van der Waals surface area (Å²) in [6.07, 6.45) is -0.0673. The van der Waals surface area contributed by atoms with E-state index in [-0.39, 0.29) is 12.2 Å². The van der Waals surface area contributed by atoms with Crippen LogP contribution in [0.3, 0.4) is 0 Å². The van der Waals surface area contributed by atoms with Gasteiger partial charge in [0, 0.05) is 23.8 Å². The summed E-state index contributed by atoms with van der Waals surface area (Å²) in [7, 11) is 1.52. The van der Waals surface area contributed by atoms with Gasteiger partial charge in [-0.05, 0) is 34.5 Å². The Morgan fingerprint density at radius 2 is 2.28 bits per heavy atom. The lowest BCUT2D eigenvalue weighted by Crippen LogP contribution is -2.19. The molecule has 1 rings (SSSR count). The van der Waals surface area contributed by atoms with Gasteiger partial charge in [-0.2, -0.15) is 0 Å². The van der Waals surface area contributed by atoms with Crippen molar-refractivity contribution in [2.75, 3.05) is 25.6 Å². The molecule has 100 valence electrons. The smallest absolute Gasteiger partial charge is 0.338 e. The molecule has 0 spiro atoms. The molecule has 0 amide bonds. The average molecular weight is 318 g/mol. The maximum atomic E-state index is 11.1. The molecule has 1 aromatic rings. The Balaban J connectivity index is 2.62. The Morgan fingerprint density at radius 3 is 2.89 bits per heavy atom. The first-order chi connectivity index (χ1) is 8.56. The highest BCUT2D eigenvalue weighted by molar-refractivity contribution is 9.10. The summed E-state index contributed by atoms with van der Waals surface area (Å²) in [5.41, 5.74) is 0.722. The van der Waals surface area contributed by atoms with Gasteiger partial charge in [-0.25, -0.2) is 4.79 Å². The van der Waals surface area contributed by atoms with Gasteiger partial charge in [0.2, 0.25) is 0 Å². The minimum absolute atomic E-state index is 0.193. The fraction of sp³-hybridized carbons (Fsp3) is 0.417. The summed E-state index contributed by atoms with van der Waals surface area (Å²) in [5.74, 6) is -0.998. The third-order valence-electron chi connectivity index (χ3n) is 2.38. The number of rotatable bonds is 7. The number of methoxy groups -OCH3 is 1. The number of carboxylic acid groups (broad SMARTS) is 1. The number of anilines is 1. The summed E-state index contributed by atoms with van der Waals surface area (Å²) >= 11 is 3.20. The number of aliphatic hydroxyl groups excluding tert-OH is 1. The standard InChI is InChI=1S/C12H16BrNO4/c1-18-7-8(15)5-6-14-10-4-2-3-9(13)11(10)12(16)17/h2-4,8,14-15H,5-7H2,1H3,(H,16,17). The molecular formula is C12H16BrNO4. The van der Waals surface area contributed by atoms with Crippen molar-refractivity contribution in [3.63, 3.8) is 0 Å². The lowest BCUT2D eigenvalue weighted by atomic mass is 10.1. The predicted octanol–water partition coefficient (Wildman–Crippen LogP) is 1.96. The molecule has 1 atom stereocenters. The molecule has 0 bridgehead atoms. The van der Waals surface area contributed by atoms with E-state index in [2.05, 4.69) is 21.2 Å². The summed E-state index contributed by atoms with van der Waals surface area (Å²) < 4.78 is 5.33. The van der Waals surface area contributed by atoms with Gasteiger partial charge in [0.05, 0.1) is 18.3 Å². The van der Waals surface area contributed by atoms with Crippen molar-refractivity contribution in [1.82, 2.24) is 0 Å². The highest BCUT2D eigenvalue weighted by Gasteiger charge is 2.13. The minimum atomic E-state index is -0.998. The third-order valence-corrected chi connectivity index (χ3v) is 3.04. The van der Waals surface area contributed by atoms with Crippen LogP contribution in [0.4, 0.5) is 5.69 Å². The molecule has 0 saturated carbocycles. The van der Waals surface area contributed by atoms with E-state index >= 15 is 0 Å². The number of hydrogen-bond donors (Lipinski definition) is 3. The summed E-state index contributed by atoms with van der Waals surface area (Å²) in [4.78, 5) is 11.1. The molecule has 0 heterocycles. The Morgan fingerprint density at radius 1 is 1.56 bits per heavy atom. The van der Waals surface area contributed by atoms with Crippen molar-refractivity contribution in [3.05, 3.63) is 28.2 Å². The first-order valence-electron chi connectivity index (χ1n) is 5.49. The third kappa shape index (κ3) is 4.29. The van der Waals surface area contributed by atoms with Crippen molar-refractivity contribution in [2.24, 2.45) is 0 Å². The van der Waals surface area contributed by atoms with Crippen LogP contribution in [-0.2, 0) is 4.74 Å². The van der Waals surface area contributed by atoms with E-state index in [1.165, 1.54) is 7.11 Å². The normalized spacial score (nSPS) is 12.2. The second-order valence-corrected chi connectivity index (χ2v) is 4.65. The van der Waals surface area contributed by atoms with Gasteiger partial charge in [-0.15, -0.1) is 0 Å². The molecular weight excluding hydrogens is 302 g/mol. The second-order valence-electron chi connectivity index (χ2n) is 3.79. The highest BCUT2D eigenvalue weighted by Crippen LogP contribution is 2.24. The van der Waals surface area contributed by atoms with Crippen LogP contribution < -0.4 is 5.32 Å². The van der Waals surface area contributed by atoms with Gasteiger partial charge in [-0.3, -0.25) is 0 Å². The molecule has 6 heteroatoms. The first kappa shape index (κ1) is 14.9. The molecule has 1 unspecified atom stereocenters. The summed E-state index contributed by atoms with van der Waals surface area (Å²) in [6.45, 7) is 0.743. The number of halogens is 1. The van der Waals surface area contributed by atoms with E-state index in [9.17, 15) is 9.90 Å².